The normalized spacial score (nSPS) is 16.4. The highest BCUT2D eigenvalue weighted by Gasteiger charge is 2.15. The molecule has 0 spiro atoms. The van der Waals surface area contributed by atoms with Gasteiger partial charge in [-0.15, -0.1) is 24.0 Å². The molecule has 8 heteroatoms. The van der Waals surface area contributed by atoms with Gasteiger partial charge < -0.3 is 24.7 Å². The Hall–Kier alpha value is -1.65. The van der Waals surface area contributed by atoms with Crippen LogP contribution in [-0.2, 0) is 22.6 Å². The van der Waals surface area contributed by atoms with E-state index in [1.54, 1.807) is 6.20 Å². The van der Waals surface area contributed by atoms with E-state index in [2.05, 4.69) is 56.4 Å². The summed E-state index contributed by atoms with van der Waals surface area (Å²) in [6.45, 7) is 7.54. The zero-order valence-corrected chi connectivity index (χ0v) is 19.4. The third-order valence-electron chi connectivity index (χ3n) is 4.57. The topological polar surface area (TPSA) is 72.7 Å². The average Bonchev–Trinajstić information content (AvgIpc) is 3.41. The first kappa shape index (κ1) is 23.6. The first-order chi connectivity index (χ1) is 13.8. The van der Waals surface area contributed by atoms with Crippen LogP contribution in [0.5, 0.6) is 0 Å². The number of benzene rings is 1. The van der Waals surface area contributed by atoms with Crippen molar-refractivity contribution in [1.29, 1.82) is 0 Å². The highest BCUT2D eigenvalue weighted by atomic mass is 127. The maximum Gasteiger partial charge on any atom is 0.191 e. The number of aromatic nitrogens is 2. The van der Waals surface area contributed by atoms with Gasteiger partial charge in [-0.3, -0.25) is 0 Å². The number of hydrogen-bond acceptors (Lipinski definition) is 4. The third kappa shape index (κ3) is 8.71. The minimum absolute atomic E-state index is 0. The number of nitrogens with zero attached hydrogens (tertiary/aromatic N) is 3. The van der Waals surface area contributed by atoms with Gasteiger partial charge in [-0.2, -0.15) is 0 Å². The van der Waals surface area contributed by atoms with Crippen LogP contribution in [0.1, 0.15) is 30.9 Å². The number of ether oxygens (including phenoxy) is 2. The molecule has 2 heterocycles. The molecule has 0 saturated carbocycles. The molecule has 1 aromatic carbocycles. The van der Waals surface area contributed by atoms with E-state index >= 15 is 0 Å². The van der Waals surface area contributed by atoms with E-state index in [1.165, 1.54) is 11.1 Å². The fourth-order valence-electron chi connectivity index (χ4n) is 3.03. The lowest BCUT2D eigenvalue weighted by Crippen LogP contribution is -2.38. The van der Waals surface area contributed by atoms with Gasteiger partial charge in [0.25, 0.3) is 0 Å². The SMILES string of the molecule is CCNC(=NCc1ccc(Cn2ccnc2)cc1)NCCCOC1CCOC1.I. The molecule has 1 saturated heterocycles. The van der Waals surface area contributed by atoms with Crippen LogP contribution in [0.15, 0.2) is 48.0 Å². The van der Waals surface area contributed by atoms with Gasteiger partial charge in [-0.05, 0) is 30.9 Å². The Kier molecular flexibility index (Phi) is 11.0. The van der Waals surface area contributed by atoms with Crippen LogP contribution in [0, 0.1) is 0 Å². The van der Waals surface area contributed by atoms with Crippen molar-refractivity contribution < 1.29 is 9.47 Å². The van der Waals surface area contributed by atoms with Crippen molar-refractivity contribution in [3.05, 3.63) is 54.1 Å². The molecule has 2 aromatic rings. The number of rotatable bonds is 10. The number of nitrogens with one attached hydrogen (secondary N) is 2. The largest absolute Gasteiger partial charge is 0.379 e. The van der Waals surface area contributed by atoms with Gasteiger partial charge in [-0.25, -0.2) is 9.98 Å². The van der Waals surface area contributed by atoms with Gasteiger partial charge in [0.05, 0.1) is 25.6 Å². The molecule has 160 valence electrons. The number of halogens is 1. The van der Waals surface area contributed by atoms with Crippen LogP contribution in [0.3, 0.4) is 0 Å². The predicted molar refractivity (Wildman–Crippen MR) is 126 cm³/mol. The summed E-state index contributed by atoms with van der Waals surface area (Å²) in [5, 5.41) is 6.67. The molecule has 1 aliphatic heterocycles. The maximum atomic E-state index is 5.79. The summed E-state index contributed by atoms with van der Waals surface area (Å²) in [4.78, 5) is 8.76. The maximum absolute atomic E-state index is 5.79. The van der Waals surface area contributed by atoms with Crippen LogP contribution in [0.4, 0.5) is 0 Å². The highest BCUT2D eigenvalue weighted by Crippen LogP contribution is 2.08. The molecule has 0 bridgehead atoms. The molecule has 1 aliphatic rings. The van der Waals surface area contributed by atoms with Gasteiger partial charge in [0, 0.05) is 45.2 Å². The van der Waals surface area contributed by atoms with Gasteiger partial charge in [0.1, 0.15) is 0 Å². The lowest BCUT2D eigenvalue weighted by Gasteiger charge is -2.13. The molecule has 1 aromatic heterocycles. The molecule has 2 N–H and O–H groups in total. The van der Waals surface area contributed by atoms with Crippen molar-refractivity contribution in [1.82, 2.24) is 20.2 Å². The zero-order chi connectivity index (χ0) is 19.4. The standard InChI is InChI=1S/C21H31N5O2.HI/c1-2-23-21(24-9-3-12-28-20-8-13-27-16-20)25-14-18-4-6-19(7-5-18)15-26-11-10-22-17-26;/h4-7,10-11,17,20H,2-3,8-9,12-16H2,1H3,(H2,23,24,25);1H. The van der Waals surface area contributed by atoms with Crippen molar-refractivity contribution in [2.45, 2.75) is 39.0 Å². The van der Waals surface area contributed by atoms with Gasteiger partial charge in [0.2, 0.25) is 0 Å². The number of aliphatic imine (C=N–C) groups is 1. The average molecular weight is 513 g/mol. The van der Waals surface area contributed by atoms with E-state index in [0.717, 1.165) is 58.3 Å². The van der Waals surface area contributed by atoms with Crippen LogP contribution in [-0.4, -0.2) is 54.5 Å². The van der Waals surface area contributed by atoms with Crippen LogP contribution >= 0.6 is 24.0 Å². The summed E-state index contributed by atoms with van der Waals surface area (Å²) in [6, 6.07) is 8.57. The summed E-state index contributed by atoms with van der Waals surface area (Å²) in [5.41, 5.74) is 2.44. The first-order valence-corrected chi connectivity index (χ1v) is 10.1. The van der Waals surface area contributed by atoms with Crippen molar-refractivity contribution in [2.24, 2.45) is 4.99 Å². The van der Waals surface area contributed by atoms with Crippen LogP contribution < -0.4 is 10.6 Å². The van der Waals surface area contributed by atoms with E-state index in [0.29, 0.717) is 6.54 Å². The van der Waals surface area contributed by atoms with E-state index < -0.39 is 0 Å². The highest BCUT2D eigenvalue weighted by molar-refractivity contribution is 14.0. The van der Waals surface area contributed by atoms with Gasteiger partial charge in [0.15, 0.2) is 5.96 Å². The molecular weight excluding hydrogens is 481 g/mol. The molecular formula is C21H32IN5O2. The smallest absolute Gasteiger partial charge is 0.191 e. The van der Waals surface area contributed by atoms with Crippen molar-refractivity contribution in [2.75, 3.05) is 32.9 Å². The third-order valence-corrected chi connectivity index (χ3v) is 4.57. The number of imidazole rings is 1. The lowest BCUT2D eigenvalue weighted by molar-refractivity contribution is 0.0420. The molecule has 1 fully saturated rings. The second kappa shape index (κ2) is 13.6. The Bertz CT molecular complexity index is 700. The summed E-state index contributed by atoms with van der Waals surface area (Å²) >= 11 is 0. The Labute approximate surface area is 190 Å². The monoisotopic (exact) mass is 513 g/mol. The van der Waals surface area contributed by atoms with Crippen molar-refractivity contribution in [3.8, 4) is 0 Å². The summed E-state index contributed by atoms with van der Waals surface area (Å²) in [6.07, 6.45) is 7.84. The predicted octanol–water partition coefficient (Wildman–Crippen LogP) is 2.80. The minimum Gasteiger partial charge on any atom is -0.379 e. The van der Waals surface area contributed by atoms with E-state index in [4.69, 9.17) is 9.47 Å². The fourth-order valence-corrected chi connectivity index (χ4v) is 3.03. The van der Waals surface area contributed by atoms with E-state index in [1.807, 2.05) is 12.5 Å². The lowest BCUT2D eigenvalue weighted by atomic mass is 10.1. The fraction of sp³-hybridized carbons (Fsp3) is 0.524. The molecule has 0 radical (unpaired) electrons. The summed E-state index contributed by atoms with van der Waals surface area (Å²) < 4.78 is 13.2. The van der Waals surface area contributed by atoms with Gasteiger partial charge in [-0.1, -0.05) is 24.3 Å². The Morgan fingerprint density at radius 2 is 2.10 bits per heavy atom. The second-order valence-electron chi connectivity index (χ2n) is 6.88. The van der Waals surface area contributed by atoms with Crippen molar-refractivity contribution >= 4 is 29.9 Å². The molecule has 7 nitrogen and oxygen atoms in total. The second-order valence-corrected chi connectivity index (χ2v) is 6.88. The van der Waals surface area contributed by atoms with Crippen molar-refractivity contribution in [3.63, 3.8) is 0 Å². The molecule has 3 rings (SSSR count). The summed E-state index contributed by atoms with van der Waals surface area (Å²) in [5.74, 6) is 0.842. The minimum atomic E-state index is 0. The van der Waals surface area contributed by atoms with E-state index in [-0.39, 0.29) is 30.1 Å². The van der Waals surface area contributed by atoms with Gasteiger partial charge >= 0.3 is 0 Å². The molecule has 0 amide bonds. The molecule has 1 atom stereocenters. The Morgan fingerprint density at radius 3 is 2.79 bits per heavy atom. The quantitative estimate of drug-likeness (QED) is 0.221. The first-order valence-electron chi connectivity index (χ1n) is 10.1. The molecule has 29 heavy (non-hydrogen) atoms. The van der Waals surface area contributed by atoms with Crippen LogP contribution in [0.25, 0.3) is 0 Å². The zero-order valence-electron chi connectivity index (χ0n) is 17.0. The summed E-state index contributed by atoms with van der Waals surface area (Å²) in [7, 11) is 0. The molecule has 1 unspecified atom stereocenters. The molecule has 0 aliphatic carbocycles. The number of guanidine groups is 1. The Morgan fingerprint density at radius 1 is 1.28 bits per heavy atom. The van der Waals surface area contributed by atoms with E-state index in [9.17, 15) is 0 Å². The number of hydrogen-bond donors (Lipinski definition) is 2. The van der Waals surface area contributed by atoms with Crippen LogP contribution in [0.2, 0.25) is 0 Å². The Balaban J connectivity index is 0.00000300.